The molecule has 1 amide bonds. The molecule has 0 fully saturated rings. The zero-order chi connectivity index (χ0) is 18.4. The van der Waals surface area contributed by atoms with E-state index in [9.17, 15) is 14.3 Å². The van der Waals surface area contributed by atoms with Gasteiger partial charge in [0.05, 0.1) is 6.10 Å². The summed E-state index contributed by atoms with van der Waals surface area (Å²) in [5.41, 5.74) is 8.33. The van der Waals surface area contributed by atoms with E-state index in [2.05, 4.69) is 5.32 Å². The minimum atomic E-state index is -0.716. The van der Waals surface area contributed by atoms with E-state index < -0.39 is 12.0 Å². The van der Waals surface area contributed by atoms with Crippen LogP contribution in [0.4, 0.5) is 4.39 Å². The zero-order valence-corrected chi connectivity index (χ0v) is 14.6. The van der Waals surface area contributed by atoms with Crippen LogP contribution in [0.1, 0.15) is 46.5 Å². The molecule has 0 saturated heterocycles. The maximum atomic E-state index is 12.9. The van der Waals surface area contributed by atoms with Crippen molar-refractivity contribution in [3.05, 3.63) is 70.5 Å². The molecule has 0 spiro atoms. The van der Waals surface area contributed by atoms with Crippen LogP contribution in [0.25, 0.3) is 0 Å². The highest BCUT2D eigenvalue weighted by Gasteiger charge is 2.13. The molecule has 0 bridgehead atoms. The Kier molecular flexibility index (Phi) is 6.67. The molecule has 25 heavy (non-hydrogen) atoms. The number of carbonyl (C=O) groups is 1. The molecule has 2 aromatic rings. The van der Waals surface area contributed by atoms with Gasteiger partial charge in [0.25, 0.3) is 0 Å². The van der Waals surface area contributed by atoms with Gasteiger partial charge in [-0.05, 0) is 61.6 Å². The molecule has 2 aromatic carbocycles. The Balaban J connectivity index is 1.84. The Hall–Kier alpha value is -2.24. The standard InChI is InChI=1S/C20H25FN2O2/c1-13-3-8-16(11-18(13)20(22)25)19(24)12-23-14(2)4-5-15-6-9-17(21)10-7-15/h3,6-11,14,19,23-24H,4-5,12H2,1-2H3,(H2,22,25)/i21-1. The van der Waals surface area contributed by atoms with Gasteiger partial charge in [0.1, 0.15) is 5.82 Å². The first-order valence-corrected chi connectivity index (χ1v) is 8.43. The van der Waals surface area contributed by atoms with Crippen LogP contribution in [-0.2, 0) is 6.42 Å². The average Bonchev–Trinajstić information content (AvgIpc) is 2.59. The van der Waals surface area contributed by atoms with Crippen molar-refractivity contribution in [2.45, 2.75) is 38.8 Å². The molecule has 4 N–H and O–H groups in total. The quantitative estimate of drug-likeness (QED) is 0.690. The lowest BCUT2D eigenvalue weighted by Gasteiger charge is -2.18. The Labute approximate surface area is 147 Å². The summed E-state index contributed by atoms with van der Waals surface area (Å²) in [6.07, 6.45) is 0.992. The maximum Gasteiger partial charge on any atom is 0.248 e. The largest absolute Gasteiger partial charge is 0.387 e. The third-order valence-corrected chi connectivity index (χ3v) is 4.35. The molecular weight excluding hydrogens is 318 g/mol. The second-order valence-corrected chi connectivity index (χ2v) is 6.43. The molecule has 0 aliphatic rings. The van der Waals surface area contributed by atoms with Gasteiger partial charge in [0.15, 0.2) is 0 Å². The van der Waals surface area contributed by atoms with Crippen LogP contribution in [0.5, 0.6) is 0 Å². The van der Waals surface area contributed by atoms with Gasteiger partial charge in [-0.15, -0.1) is 0 Å². The number of carbonyl (C=O) groups excluding carboxylic acids is 1. The van der Waals surface area contributed by atoms with Crippen molar-refractivity contribution in [2.24, 2.45) is 5.73 Å². The van der Waals surface area contributed by atoms with Crippen LogP contribution in [-0.4, -0.2) is 23.6 Å². The van der Waals surface area contributed by atoms with Crippen molar-refractivity contribution < 1.29 is 14.3 Å². The first-order chi connectivity index (χ1) is 11.9. The van der Waals surface area contributed by atoms with Gasteiger partial charge in [0, 0.05) is 18.2 Å². The summed E-state index contributed by atoms with van der Waals surface area (Å²) >= 11 is 0. The van der Waals surface area contributed by atoms with Gasteiger partial charge in [-0.2, -0.15) is 0 Å². The number of hydrogen-bond donors (Lipinski definition) is 3. The molecule has 2 unspecified atom stereocenters. The van der Waals surface area contributed by atoms with Crippen molar-refractivity contribution in [1.82, 2.24) is 5.32 Å². The van der Waals surface area contributed by atoms with Gasteiger partial charge in [0.2, 0.25) is 5.91 Å². The molecule has 0 aliphatic heterocycles. The van der Waals surface area contributed by atoms with Crippen LogP contribution in [0.2, 0.25) is 0 Å². The molecule has 2 atom stereocenters. The highest BCUT2D eigenvalue weighted by Crippen LogP contribution is 2.17. The summed E-state index contributed by atoms with van der Waals surface area (Å²) in [4.78, 5) is 11.4. The van der Waals surface area contributed by atoms with Crippen molar-refractivity contribution in [2.75, 3.05) is 6.54 Å². The zero-order valence-electron chi connectivity index (χ0n) is 14.6. The number of aliphatic hydroxyl groups excluding tert-OH is 1. The Bertz CT molecular complexity index is 716. The number of hydrogen-bond acceptors (Lipinski definition) is 3. The lowest BCUT2D eigenvalue weighted by atomic mass is 10.0. The van der Waals surface area contributed by atoms with E-state index in [1.165, 1.54) is 12.1 Å². The molecule has 0 saturated carbocycles. The first kappa shape index (κ1) is 19.1. The van der Waals surface area contributed by atoms with Crippen LogP contribution >= 0.6 is 0 Å². The second-order valence-electron chi connectivity index (χ2n) is 6.43. The molecule has 5 heteroatoms. The maximum absolute atomic E-state index is 12.9. The molecule has 4 nitrogen and oxygen atoms in total. The molecule has 134 valence electrons. The normalized spacial score (nSPS) is 13.4. The lowest BCUT2D eigenvalue weighted by molar-refractivity contribution is 0.0999. The van der Waals surface area contributed by atoms with Crippen LogP contribution in [0, 0.1) is 12.7 Å². The predicted molar refractivity (Wildman–Crippen MR) is 96.8 cm³/mol. The highest BCUT2D eigenvalue weighted by atomic mass is 18.2. The van der Waals surface area contributed by atoms with Gasteiger partial charge in [-0.25, -0.2) is 4.39 Å². The van der Waals surface area contributed by atoms with E-state index in [-0.39, 0.29) is 11.9 Å². The summed E-state index contributed by atoms with van der Waals surface area (Å²) in [5.74, 6) is -0.723. The third-order valence-electron chi connectivity index (χ3n) is 4.35. The van der Waals surface area contributed by atoms with Crippen molar-refractivity contribution >= 4 is 5.91 Å². The highest BCUT2D eigenvalue weighted by molar-refractivity contribution is 5.94. The fraction of sp³-hybridized carbons (Fsp3) is 0.350. The third kappa shape index (κ3) is 5.66. The van der Waals surface area contributed by atoms with E-state index in [1.807, 2.05) is 13.8 Å². The van der Waals surface area contributed by atoms with Gasteiger partial charge in [-0.1, -0.05) is 24.3 Å². The molecule has 0 aliphatic carbocycles. The number of benzene rings is 2. The first-order valence-electron chi connectivity index (χ1n) is 8.43. The van der Waals surface area contributed by atoms with E-state index >= 15 is 0 Å². The number of aliphatic hydroxyl groups is 1. The van der Waals surface area contributed by atoms with Crippen molar-refractivity contribution in [1.29, 1.82) is 0 Å². The summed E-state index contributed by atoms with van der Waals surface area (Å²) in [7, 11) is 0. The van der Waals surface area contributed by atoms with Gasteiger partial charge in [-0.3, -0.25) is 4.79 Å². The Morgan fingerprint density at radius 2 is 1.92 bits per heavy atom. The number of rotatable bonds is 8. The lowest BCUT2D eigenvalue weighted by Crippen LogP contribution is -2.31. The topological polar surface area (TPSA) is 75.3 Å². The smallest absolute Gasteiger partial charge is 0.248 e. The molecule has 0 aromatic heterocycles. The number of aryl methyl sites for hydroxylation is 2. The number of amides is 1. The van der Waals surface area contributed by atoms with Crippen LogP contribution in [0.15, 0.2) is 42.5 Å². The van der Waals surface area contributed by atoms with Crippen LogP contribution < -0.4 is 11.1 Å². The van der Waals surface area contributed by atoms with E-state index in [0.29, 0.717) is 17.7 Å². The molecule has 2 rings (SSSR count). The van der Waals surface area contributed by atoms with Gasteiger partial charge >= 0.3 is 0 Å². The molecular formula is C20H25FN2O2. The van der Waals surface area contributed by atoms with E-state index in [4.69, 9.17) is 5.73 Å². The van der Waals surface area contributed by atoms with Crippen LogP contribution in [0.3, 0.4) is 0 Å². The average molecular weight is 343 g/mol. The fourth-order valence-electron chi connectivity index (χ4n) is 2.68. The Morgan fingerprint density at radius 3 is 2.56 bits per heavy atom. The summed E-state index contributed by atoms with van der Waals surface area (Å²) in [6, 6.07) is 11.9. The number of primary amides is 1. The minimum Gasteiger partial charge on any atom is -0.387 e. The van der Waals surface area contributed by atoms with E-state index in [1.54, 1.807) is 30.3 Å². The summed E-state index contributed by atoms with van der Waals surface area (Å²) < 4.78 is 12.9. The predicted octanol–water partition coefficient (Wildman–Crippen LogP) is 2.88. The van der Waals surface area contributed by atoms with Crippen molar-refractivity contribution in [3.8, 4) is 0 Å². The second kappa shape index (κ2) is 8.74. The monoisotopic (exact) mass is 343 g/mol. The molecule has 0 heterocycles. The number of nitrogens with two attached hydrogens (primary N) is 1. The fourth-order valence-corrected chi connectivity index (χ4v) is 2.68. The number of halogens is 1. The Morgan fingerprint density at radius 1 is 1.24 bits per heavy atom. The summed E-state index contributed by atoms with van der Waals surface area (Å²) in [5, 5.41) is 13.6. The molecule has 0 radical (unpaired) electrons. The SMILES string of the molecule is Cc1ccc(C(O)CNC(C)CCc2ccc([18F])cc2)cc1C(N)=O. The van der Waals surface area contributed by atoms with E-state index in [0.717, 1.165) is 24.0 Å². The van der Waals surface area contributed by atoms with Crippen molar-refractivity contribution in [3.63, 3.8) is 0 Å². The van der Waals surface area contributed by atoms with Gasteiger partial charge < -0.3 is 16.2 Å². The minimum absolute atomic E-state index is 0.195. The number of nitrogens with one attached hydrogen (secondary N) is 1. The summed E-state index contributed by atoms with van der Waals surface area (Å²) in [6.45, 7) is 4.23.